The van der Waals surface area contributed by atoms with Crippen molar-refractivity contribution in [3.05, 3.63) is 28.2 Å². The fourth-order valence-corrected chi connectivity index (χ4v) is 1.75. The van der Waals surface area contributed by atoms with Crippen LogP contribution >= 0.6 is 15.9 Å². The highest BCUT2D eigenvalue weighted by molar-refractivity contribution is 9.10. The zero-order valence-electron chi connectivity index (χ0n) is 10.4. The van der Waals surface area contributed by atoms with Gasteiger partial charge in [0.15, 0.2) is 0 Å². The van der Waals surface area contributed by atoms with Crippen LogP contribution in [0.4, 0.5) is 10.5 Å². The Morgan fingerprint density at radius 3 is 2.79 bits per heavy atom. The second-order valence-electron chi connectivity index (χ2n) is 3.72. The van der Waals surface area contributed by atoms with E-state index in [2.05, 4.69) is 26.6 Å². The molecule has 19 heavy (non-hydrogen) atoms. The molecule has 0 atom stereocenters. The van der Waals surface area contributed by atoms with Crippen LogP contribution in [0.5, 0.6) is 0 Å². The van der Waals surface area contributed by atoms with E-state index in [0.29, 0.717) is 24.0 Å². The zero-order valence-corrected chi connectivity index (χ0v) is 12.0. The Bertz CT molecular complexity index is 465. The molecule has 6 nitrogen and oxygen atoms in total. The lowest BCUT2D eigenvalue weighted by Crippen LogP contribution is -2.30. The molecule has 0 aliphatic rings. The number of urea groups is 1. The summed E-state index contributed by atoms with van der Waals surface area (Å²) in [5, 5.41) is 14.2. The molecule has 1 aromatic rings. The summed E-state index contributed by atoms with van der Waals surface area (Å²) in [6, 6.07) is 4.18. The quantitative estimate of drug-likeness (QED) is 0.698. The van der Waals surface area contributed by atoms with E-state index in [0.717, 1.165) is 0 Å². The molecule has 7 heteroatoms. The molecule has 104 valence electrons. The third-order valence-corrected chi connectivity index (χ3v) is 2.76. The van der Waals surface area contributed by atoms with Gasteiger partial charge < -0.3 is 20.5 Å². The molecule has 0 bridgehead atoms. The lowest BCUT2D eigenvalue weighted by atomic mass is 10.2. The smallest absolute Gasteiger partial charge is 0.337 e. The van der Waals surface area contributed by atoms with Crippen LogP contribution in [0.25, 0.3) is 0 Å². The van der Waals surface area contributed by atoms with Crippen molar-refractivity contribution in [2.75, 3.05) is 25.6 Å². The van der Waals surface area contributed by atoms with Gasteiger partial charge >= 0.3 is 12.0 Å². The molecule has 0 saturated carbocycles. The van der Waals surface area contributed by atoms with Crippen molar-refractivity contribution in [3.63, 3.8) is 0 Å². The normalized spacial score (nSPS) is 10.0. The van der Waals surface area contributed by atoms with Gasteiger partial charge in [0.1, 0.15) is 0 Å². The molecule has 0 spiro atoms. The molecule has 0 aliphatic carbocycles. The number of carboxylic acids is 1. The molecule has 0 saturated heterocycles. The lowest BCUT2D eigenvalue weighted by Gasteiger charge is -2.10. The average molecular weight is 331 g/mol. The monoisotopic (exact) mass is 330 g/mol. The summed E-state index contributed by atoms with van der Waals surface area (Å²) >= 11 is 3.18. The van der Waals surface area contributed by atoms with Crippen LogP contribution in [0.2, 0.25) is 0 Å². The van der Waals surface area contributed by atoms with Crippen molar-refractivity contribution in [1.29, 1.82) is 0 Å². The summed E-state index contributed by atoms with van der Waals surface area (Å²) in [4.78, 5) is 22.6. The minimum absolute atomic E-state index is 0.0291. The predicted molar refractivity (Wildman–Crippen MR) is 74.6 cm³/mol. The van der Waals surface area contributed by atoms with Crippen molar-refractivity contribution < 1.29 is 19.4 Å². The van der Waals surface area contributed by atoms with Crippen LogP contribution in [-0.4, -0.2) is 37.4 Å². The van der Waals surface area contributed by atoms with Gasteiger partial charge in [0.25, 0.3) is 0 Å². The number of hydrogen-bond acceptors (Lipinski definition) is 3. The fourth-order valence-electron chi connectivity index (χ4n) is 1.39. The average Bonchev–Trinajstić information content (AvgIpc) is 2.36. The molecule has 0 aromatic heterocycles. The Labute approximate surface area is 119 Å². The Hall–Kier alpha value is -1.60. The molecular weight excluding hydrogens is 316 g/mol. The Morgan fingerprint density at radius 2 is 2.16 bits per heavy atom. The van der Waals surface area contributed by atoms with E-state index in [1.807, 2.05) is 0 Å². The first-order chi connectivity index (χ1) is 9.04. The molecule has 0 fully saturated rings. The fraction of sp³-hybridized carbons (Fsp3) is 0.333. The molecule has 0 unspecified atom stereocenters. The maximum absolute atomic E-state index is 11.6. The third-order valence-electron chi connectivity index (χ3n) is 2.27. The minimum Gasteiger partial charge on any atom is -0.478 e. The second kappa shape index (κ2) is 7.75. The Morgan fingerprint density at radius 1 is 1.42 bits per heavy atom. The number of halogens is 1. The number of ether oxygens (including phenoxy) is 1. The number of hydrogen-bond donors (Lipinski definition) is 3. The molecule has 0 radical (unpaired) electrons. The van der Waals surface area contributed by atoms with E-state index in [1.165, 1.54) is 12.1 Å². The highest BCUT2D eigenvalue weighted by atomic mass is 79.9. The SMILES string of the molecule is COCCCNC(=O)Nc1ccc(Br)cc1C(=O)O. The molecular formula is C12H15BrN2O4. The topological polar surface area (TPSA) is 87.7 Å². The van der Waals surface area contributed by atoms with Crippen LogP contribution < -0.4 is 10.6 Å². The van der Waals surface area contributed by atoms with Crippen LogP contribution in [0.15, 0.2) is 22.7 Å². The number of carbonyl (C=O) groups excluding carboxylic acids is 1. The lowest BCUT2D eigenvalue weighted by molar-refractivity contribution is 0.0698. The van der Waals surface area contributed by atoms with Gasteiger partial charge in [-0.1, -0.05) is 15.9 Å². The molecule has 1 aromatic carbocycles. The molecule has 0 aliphatic heterocycles. The largest absolute Gasteiger partial charge is 0.478 e. The van der Waals surface area contributed by atoms with Crippen molar-refractivity contribution >= 4 is 33.6 Å². The van der Waals surface area contributed by atoms with E-state index in [-0.39, 0.29) is 11.3 Å². The Balaban J connectivity index is 2.61. The molecule has 0 heterocycles. The van der Waals surface area contributed by atoms with Crippen molar-refractivity contribution in [1.82, 2.24) is 5.32 Å². The van der Waals surface area contributed by atoms with Crippen LogP contribution in [0.1, 0.15) is 16.8 Å². The van der Waals surface area contributed by atoms with Crippen LogP contribution in [0, 0.1) is 0 Å². The number of nitrogens with one attached hydrogen (secondary N) is 2. The first-order valence-electron chi connectivity index (χ1n) is 5.61. The van der Waals surface area contributed by atoms with E-state index in [1.54, 1.807) is 13.2 Å². The van der Waals surface area contributed by atoms with Gasteiger partial charge in [0.2, 0.25) is 0 Å². The zero-order chi connectivity index (χ0) is 14.3. The summed E-state index contributed by atoms with van der Waals surface area (Å²) in [6.45, 7) is 1.01. The van der Waals surface area contributed by atoms with Crippen molar-refractivity contribution in [2.45, 2.75) is 6.42 Å². The summed E-state index contributed by atoms with van der Waals surface area (Å²) in [7, 11) is 1.58. The number of rotatable bonds is 6. The maximum atomic E-state index is 11.6. The summed E-state index contributed by atoms with van der Waals surface area (Å²) in [6.07, 6.45) is 0.691. The molecule has 2 amide bonds. The highest BCUT2D eigenvalue weighted by Gasteiger charge is 2.12. The van der Waals surface area contributed by atoms with E-state index >= 15 is 0 Å². The van der Waals surface area contributed by atoms with Gasteiger partial charge in [0.05, 0.1) is 11.3 Å². The van der Waals surface area contributed by atoms with Crippen molar-refractivity contribution in [3.8, 4) is 0 Å². The number of anilines is 1. The third kappa shape index (κ3) is 5.27. The summed E-state index contributed by atoms with van der Waals surface area (Å²) in [5.41, 5.74) is 0.279. The highest BCUT2D eigenvalue weighted by Crippen LogP contribution is 2.21. The predicted octanol–water partition coefficient (Wildman–Crippen LogP) is 2.31. The second-order valence-corrected chi connectivity index (χ2v) is 4.64. The number of carbonyl (C=O) groups is 2. The van der Waals surface area contributed by atoms with Gasteiger partial charge in [-0.05, 0) is 24.6 Å². The van der Waals surface area contributed by atoms with Crippen LogP contribution in [-0.2, 0) is 4.74 Å². The van der Waals surface area contributed by atoms with Crippen molar-refractivity contribution in [2.24, 2.45) is 0 Å². The number of carboxylic acid groups (broad SMARTS) is 1. The van der Waals surface area contributed by atoms with Gasteiger partial charge in [-0.3, -0.25) is 0 Å². The van der Waals surface area contributed by atoms with Gasteiger partial charge in [-0.15, -0.1) is 0 Å². The van der Waals surface area contributed by atoms with Gasteiger partial charge in [0, 0.05) is 24.7 Å². The maximum Gasteiger partial charge on any atom is 0.337 e. The van der Waals surface area contributed by atoms with E-state index < -0.39 is 12.0 Å². The van der Waals surface area contributed by atoms with E-state index in [4.69, 9.17) is 9.84 Å². The number of amides is 2. The molecule has 3 N–H and O–H groups in total. The first kappa shape index (κ1) is 15.5. The van der Waals surface area contributed by atoms with Gasteiger partial charge in [-0.2, -0.15) is 0 Å². The number of aromatic carboxylic acids is 1. The van der Waals surface area contributed by atoms with Crippen LogP contribution in [0.3, 0.4) is 0 Å². The first-order valence-corrected chi connectivity index (χ1v) is 6.40. The molecule has 1 rings (SSSR count). The Kier molecular flexibility index (Phi) is 6.31. The van der Waals surface area contributed by atoms with Gasteiger partial charge in [-0.25, -0.2) is 9.59 Å². The standard InChI is InChI=1S/C12H15BrN2O4/c1-19-6-2-5-14-12(18)15-10-4-3-8(13)7-9(10)11(16)17/h3-4,7H,2,5-6H2,1H3,(H,16,17)(H2,14,15,18). The summed E-state index contributed by atoms with van der Waals surface area (Å²) < 4.78 is 5.49. The summed E-state index contributed by atoms with van der Waals surface area (Å²) in [5.74, 6) is -1.10. The van der Waals surface area contributed by atoms with E-state index in [9.17, 15) is 9.59 Å². The number of methoxy groups -OCH3 is 1. The number of benzene rings is 1. The minimum atomic E-state index is -1.10.